The molecule has 0 N–H and O–H groups in total. The fraction of sp³-hybridized carbons (Fsp3) is 0.333. The second-order valence-electron chi connectivity index (χ2n) is 5.33. The molecule has 24 heavy (non-hydrogen) atoms. The molecule has 1 amide bonds. The van der Waals surface area contributed by atoms with Crippen molar-refractivity contribution in [1.82, 2.24) is 20.1 Å². The van der Waals surface area contributed by atoms with E-state index >= 15 is 0 Å². The van der Waals surface area contributed by atoms with E-state index in [1.807, 2.05) is 0 Å². The van der Waals surface area contributed by atoms with Crippen molar-refractivity contribution in [2.75, 3.05) is 6.54 Å². The van der Waals surface area contributed by atoms with Crippen LogP contribution in [-0.2, 0) is 17.1 Å². The molecule has 1 saturated heterocycles. The number of amides is 1. The molecule has 3 aromatic heterocycles. The average molecular weight is 379 g/mol. The SMILES string of the molecule is O=C1CCCN1Cc1nnc(SCc2csc(-c3ccsc3)n2)o1. The number of hydrogen-bond donors (Lipinski definition) is 0. The molecule has 6 nitrogen and oxygen atoms in total. The predicted molar refractivity (Wildman–Crippen MR) is 93.9 cm³/mol. The van der Waals surface area contributed by atoms with Crippen LogP contribution in [0, 0.1) is 0 Å². The van der Waals surface area contributed by atoms with E-state index in [2.05, 4.69) is 37.4 Å². The highest BCUT2D eigenvalue weighted by molar-refractivity contribution is 7.98. The number of thiazole rings is 1. The largest absolute Gasteiger partial charge is 0.414 e. The minimum atomic E-state index is 0.158. The van der Waals surface area contributed by atoms with Gasteiger partial charge < -0.3 is 9.32 Å². The van der Waals surface area contributed by atoms with Crippen LogP contribution in [0.1, 0.15) is 24.4 Å². The lowest BCUT2D eigenvalue weighted by Crippen LogP contribution is -2.23. The highest BCUT2D eigenvalue weighted by Gasteiger charge is 2.22. The maximum absolute atomic E-state index is 11.6. The summed E-state index contributed by atoms with van der Waals surface area (Å²) in [6, 6.07) is 2.07. The van der Waals surface area contributed by atoms with E-state index < -0.39 is 0 Å². The first-order chi connectivity index (χ1) is 11.8. The summed E-state index contributed by atoms with van der Waals surface area (Å²) in [6.45, 7) is 1.18. The first-order valence-corrected chi connectivity index (χ1v) is 10.3. The zero-order valence-corrected chi connectivity index (χ0v) is 15.1. The van der Waals surface area contributed by atoms with Gasteiger partial charge in [0.2, 0.25) is 11.8 Å². The molecule has 3 aromatic rings. The van der Waals surface area contributed by atoms with Crippen molar-refractivity contribution in [1.29, 1.82) is 0 Å². The summed E-state index contributed by atoms with van der Waals surface area (Å²) in [4.78, 5) is 18.0. The van der Waals surface area contributed by atoms with Crippen molar-refractivity contribution in [2.24, 2.45) is 0 Å². The zero-order valence-electron chi connectivity index (χ0n) is 12.7. The average Bonchev–Trinajstić information content (AvgIpc) is 3.35. The summed E-state index contributed by atoms with van der Waals surface area (Å²) in [7, 11) is 0. The van der Waals surface area contributed by atoms with Gasteiger partial charge in [-0.1, -0.05) is 11.8 Å². The fourth-order valence-corrected chi connectivity index (χ4v) is 4.73. The number of rotatable bonds is 6. The van der Waals surface area contributed by atoms with Crippen LogP contribution in [-0.4, -0.2) is 32.5 Å². The highest BCUT2D eigenvalue weighted by Crippen LogP contribution is 2.28. The molecule has 9 heteroatoms. The molecular formula is C15H14N4O2S3. The van der Waals surface area contributed by atoms with E-state index in [1.165, 1.54) is 11.8 Å². The number of carbonyl (C=O) groups is 1. The Hall–Kier alpha value is -1.71. The number of thioether (sulfide) groups is 1. The summed E-state index contributed by atoms with van der Waals surface area (Å²) in [5.74, 6) is 1.33. The number of likely N-dealkylation sites (tertiary alicyclic amines) is 1. The molecule has 0 aromatic carbocycles. The fourth-order valence-electron chi connectivity index (χ4n) is 2.42. The van der Waals surface area contributed by atoms with Gasteiger partial charge in [-0.05, 0) is 17.9 Å². The Bertz CT molecular complexity index is 828. The van der Waals surface area contributed by atoms with Crippen LogP contribution in [0.3, 0.4) is 0 Å². The number of thiophene rings is 1. The lowest BCUT2D eigenvalue weighted by molar-refractivity contribution is -0.128. The van der Waals surface area contributed by atoms with E-state index in [4.69, 9.17) is 4.42 Å². The predicted octanol–water partition coefficient (Wildman–Crippen LogP) is 3.67. The van der Waals surface area contributed by atoms with Gasteiger partial charge in [-0.25, -0.2) is 4.98 Å². The molecule has 4 rings (SSSR count). The first-order valence-electron chi connectivity index (χ1n) is 7.48. The van der Waals surface area contributed by atoms with Crippen LogP contribution in [0.5, 0.6) is 0 Å². The van der Waals surface area contributed by atoms with Crippen molar-refractivity contribution in [3.63, 3.8) is 0 Å². The van der Waals surface area contributed by atoms with Crippen molar-refractivity contribution in [2.45, 2.75) is 30.4 Å². The third-order valence-corrected chi connectivity index (χ3v) is 6.08. The zero-order chi connectivity index (χ0) is 16.4. The van der Waals surface area contributed by atoms with Gasteiger partial charge in [0.1, 0.15) is 5.01 Å². The van der Waals surface area contributed by atoms with Crippen molar-refractivity contribution in [3.8, 4) is 10.6 Å². The van der Waals surface area contributed by atoms with Gasteiger partial charge in [0.25, 0.3) is 5.22 Å². The minimum Gasteiger partial charge on any atom is -0.414 e. The molecule has 0 aliphatic carbocycles. The molecule has 124 valence electrons. The highest BCUT2D eigenvalue weighted by atomic mass is 32.2. The van der Waals surface area contributed by atoms with Crippen LogP contribution in [0.4, 0.5) is 0 Å². The van der Waals surface area contributed by atoms with E-state index in [9.17, 15) is 4.79 Å². The van der Waals surface area contributed by atoms with Crippen LogP contribution in [0.15, 0.2) is 31.8 Å². The van der Waals surface area contributed by atoms with E-state index in [0.717, 1.165) is 29.2 Å². The molecule has 0 unspecified atom stereocenters. The van der Waals surface area contributed by atoms with Crippen LogP contribution < -0.4 is 0 Å². The molecule has 0 saturated carbocycles. The molecule has 0 radical (unpaired) electrons. The van der Waals surface area contributed by atoms with Crippen molar-refractivity contribution >= 4 is 40.3 Å². The molecular weight excluding hydrogens is 364 g/mol. The lowest BCUT2D eigenvalue weighted by Gasteiger charge is -2.11. The normalized spacial score (nSPS) is 14.7. The minimum absolute atomic E-state index is 0.158. The maximum Gasteiger partial charge on any atom is 0.277 e. The van der Waals surface area contributed by atoms with E-state index in [0.29, 0.717) is 29.8 Å². The third-order valence-electron chi connectivity index (χ3n) is 3.61. The topological polar surface area (TPSA) is 72.1 Å². The standard InChI is InChI=1S/C15H14N4O2S3/c20-13-2-1-4-19(13)6-12-17-18-15(21-12)24-9-11-8-23-14(16-11)10-3-5-22-7-10/h3,5,7-8H,1-2,4,6,9H2. The molecule has 4 heterocycles. The van der Waals surface area contributed by atoms with Gasteiger partial charge >= 0.3 is 0 Å². The maximum atomic E-state index is 11.6. The van der Waals surface area contributed by atoms with Crippen molar-refractivity contribution < 1.29 is 9.21 Å². The summed E-state index contributed by atoms with van der Waals surface area (Å²) < 4.78 is 5.62. The second-order valence-corrected chi connectivity index (χ2v) is 7.89. The van der Waals surface area contributed by atoms with Crippen LogP contribution in [0.2, 0.25) is 0 Å². The molecule has 0 bridgehead atoms. The smallest absolute Gasteiger partial charge is 0.277 e. The van der Waals surface area contributed by atoms with Crippen molar-refractivity contribution in [3.05, 3.63) is 33.8 Å². The molecule has 1 aliphatic rings. The first kappa shape index (κ1) is 15.8. The number of hydrogen-bond acceptors (Lipinski definition) is 8. The Morgan fingerprint density at radius 3 is 3.08 bits per heavy atom. The lowest BCUT2D eigenvalue weighted by atomic mass is 10.4. The van der Waals surface area contributed by atoms with Gasteiger partial charge in [0.05, 0.1) is 12.2 Å². The Balaban J connectivity index is 1.34. The summed E-state index contributed by atoms with van der Waals surface area (Å²) in [5, 5.41) is 15.8. The molecule has 1 aliphatic heterocycles. The Morgan fingerprint density at radius 2 is 2.29 bits per heavy atom. The number of nitrogens with zero attached hydrogens (tertiary/aromatic N) is 4. The van der Waals surface area contributed by atoms with Gasteiger partial charge in [0.15, 0.2) is 0 Å². The summed E-state index contributed by atoms with van der Waals surface area (Å²) in [5.41, 5.74) is 2.16. The number of aromatic nitrogens is 3. The molecule has 0 atom stereocenters. The molecule has 0 spiro atoms. The second kappa shape index (κ2) is 7.04. The van der Waals surface area contributed by atoms with Gasteiger partial charge in [0, 0.05) is 35.0 Å². The monoisotopic (exact) mass is 378 g/mol. The van der Waals surface area contributed by atoms with Crippen LogP contribution >= 0.6 is 34.4 Å². The van der Waals surface area contributed by atoms with Gasteiger partial charge in [-0.15, -0.1) is 21.5 Å². The summed E-state index contributed by atoms with van der Waals surface area (Å²) in [6.07, 6.45) is 1.52. The Kier molecular flexibility index (Phi) is 4.63. The van der Waals surface area contributed by atoms with E-state index in [1.54, 1.807) is 27.6 Å². The number of carbonyl (C=O) groups excluding carboxylic acids is 1. The summed E-state index contributed by atoms with van der Waals surface area (Å²) >= 11 is 4.78. The Morgan fingerprint density at radius 1 is 1.33 bits per heavy atom. The quantitative estimate of drug-likeness (QED) is 0.610. The van der Waals surface area contributed by atoms with Gasteiger partial charge in [-0.3, -0.25) is 4.79 Å². The van der Waals surface area contributed by atoms with E-state index in [-0.39, 0.29) is 5.91 Å². The molecule has 1 fully saturated rings. The van der Waals surface area contributed by atoms with Gasteiger partial charge in [-0.2, -0.15) is 11.3 Å². The Labute approximate surface area is 150 Å². The van der Waals surface area contributed by atoms with Crippen LogP contribution in [0.25, 0.3) is 10.6 Å². The third kappa shape index (κ3) is 3.52.